The molecule has 0 aromatic heterocycles. The highest BCUT2D eigenvalue weighted by molar-refractivity contribution is 5.85. The third-order valence-corrected chi connectivity index (χ3v) is 5.54. The van der Waals surface area contributed by atoms with Crippen LogP contribution in [0.5, 0.6) is 0 Å². The average Bonchev–Trinajstić information content (AvgIpc) is 3.17. The van der Waals surface area contributed by atoms with Crippen LogP contribution in [0.3, 0.4) is 0 Å². The van der Waals surface area contributed by atoms with E-state index in [-0.39, 0.29) is 18.1 Å². The molecule has 3 unspecified atom stereocenters. The van der Waals surface area contributed by atoms with Gasteiger partial charge in [-0.1, -0.05) is 60.7 Å². The highest BCUT2D eigenvalue weighted by atomic mass is 16.3. The molecule has 0 radical (unpaired) electrons. The molecule has 1 heterocycles. The van der Waals surface area contributed by atoms with E-state index in [4.69, 9.17) is 0 Å². The van der Waals surface area contributed by atoms with Crippen molar-refractivity contribution in [1.82, 2.24) is 10.2 Å². The summed E-state index contributed by atoms with van der Waals surface area (Å²) < 4.78 is 0. The lowest BCUT2D eigenvalue weighted by molar-refractivity contribution is -0.124. The van der Waals surface area contributed by atoms with Gasteiger partial charge in [0.1, 0.15) is 0 Å². The molecule has 2 aromatic rings. The summed E-state index contributed by atoms with van der Waals surface area (Å²) in [6.07, 6.45) is 1.05. The average molecular weight is 336 g/mol. The number of piperidine rings is 1. The molecule has 4 rings (SSSR count). The van der Waals surface area contributed by atoms with Crippen LogP contribution in [0.4, 0.5) is 0 Å². The summed E-state index contributed by atoms with van der Waals surface area (Å²) >= 11 is 0. The van der Waals surface area contributed by atoms with Crippen LogP contribution in [-0.2, 0) is 11.3 Å². The van der Waals surface area contributed by atoms with Gasteiger partial charge in [0.2, 0.25) is 5.91 Å². The molecule has 25 heavy (non-hydrogen) atoms. The zero-order valence-electron chi connectivity index (χ0n) is 14.3. The number of rotatable bonds is 6. The number of carbonyl (C=O) groups excluding carboxylic acids is 1. The number of benzene rings is 2. The topological polar surface area (TPSA) is 52.6 Å². The Bertz CT molecular complexity index is 734. The van der Waals surface area contributed by atoms with Crippen LogP contribution < -0.4 is 5.32 Å². The van der Waals surface area contributed by atoms with Crippen molar-refractivity contribution in [2.24, 2.45) is 5.92 Å². The summed E-state index contributed by atoms with van der Waals surface area (Å²) in [6, 6.07) is 20.0. The second-order valence-electron chi connectivity index (χ2n) is 7.35. The van der Waals surface area contributed by atoms with Gasteiger partial charge in [0, 0.05) is 19.6 Å². The Kier molecular flexibility index (Phi) is 4.32. The van der Waals surface area contributed by atoms with E-state index in [1.54, 1.807) is 0 Å². The number of fused-ring (bicyclic) bond motifs is 1. The van der Waals surface area contributed by atoms with Crippen molar-refractivity contribution in [3.8, 4) is 0 Å². The Morgan fingerprint density at radius 2 is 1.84 bits per heavy atom. The first-order valence-electron chi connectivity index (χ1n) is 8.94. The van der Waals surface area contributed by atoms with Crippen molar-refractivity contribution >= 4 is 5.91 Å². The molecule has 2 aromatic carbocycles. The van der Waals surface area contributed by atoms with E-state index in [1.165, 1.54) is 5.56 Å². The lowest BCUT2D eigenvalue weighted by atomic mass is 9.98. The van der Waals surface area contributed by atoms with Crippen molar-refractivity contribution in [1.29, 1.82) is 0 Å². The maximum absolute atomic E-state index is 12.7. The fourth-order valence-corrected chi connectivity index (χ4v) is 4.10. The van der Waals surface area contributed by atoms with Crippen LogP contribution in [0.1, 0.15) is 23.5 Å². The molecule has 130 valence electrons. The molecule has 0 spiro atoms. The molecule has 1 saturated heterocycles. The summed E-state index contributed by atoms with van der Waals surface area (Å²) in [5, 5.41) is 13.0. The van der Waals surface area contributed by atoms with Gasteiger partial charge in [0.05, 0.1) is 18.1 Å². The van der Waals surface area contributed by atoms with E-state index < -0.39 is 5.92 Å². The van der Waals surface area contributed by atoms with Gasteiger partial charge < -0.3 is 10.4 Å². The molecule has 1 aliphatic heterocycles. The van der Waals surface area contributed by atoms with Crippen molar-refractivity contribution in [2.75, 3.05) is 19.7 Å². The summed E-state index contributed by atoms with van der Waals surface area (Å²) in [5.74, 6) is -0.00645. The van der Waals surface area contributed by atoms with E-state index in [2.05, 4.69) is 34.5 Å². The van der Waals surface area contributed by atoms with E-state index >= 15 is 0 Å². The minimum Gasteiger partial charge on any atom is -0.395 e. The van der Waals surface area contributed by atoms with Crippen LogP contribution in [0.15, 0.2) is 60.7 Å². The van der Waals surface area contributed by atoms with Crippen LogP contribution in [0.2, 0.25) is 0 Å². The number of aliphatic hydroxyl groups excluding tert-OH is 1. The number of likely N-dealkylation sites (tertiary alicyclic amines) is 1. The van der Waals surface area contributed by atoms with Gasteiger partial charge in [-0.2, -0.15) is 0 Å². The lowest BCUT2D eigenvalue weighted by Crippen LogP contribution is -2.44. The molecule has 1 saturated carbocycles. The summed E-state index contributed by atoms with van der Waals surface area (Å²) in [6.45, 7) is 2.69. The van der Waals surface area contributed by atoms with Gasteiger partial charge in [0.25, 0.3) is 0 Å². The van der Waals surface area contributed by atoms with Gasteiger partial charge in [-0.25, -0.2) is 0 Å². The standard InChI is InChI=1S/C21H24N2O2/c24-14-19(17-9-5-2-6-10-17)20(25)22-21-11-18(21)13-23(15-21)12-16-7-3-1-4-8-16/h1-10,18-19,24H,11-15H2,(H,22,25). The zero-order chi connectivity index (χ0) is 17.3. The highest BCUT2D eigenvalue weighted by Crippen LogP contribution is 2.50. The largest absolute Gasteiger partial charge is 0.395 e. The van der Waals surface area contributed by atoms with E-state index in [1.807, 2.05) is 36.4 Å². The van der Waals surface area contributed by atoms with Gasteiger partial charge in [-0.05, 0) is 23.5 Å². The minimum atomic E-state index is -0.486. The van der Waals surface area contributed by atoms with Crippen molar-refractivity contribution in [3.63, 3.8) is 0 Å². The first-order chi connectivity index (χ1) is 12.2. The molecule has 2 N–H and O–H groups in total. The molecule has 3 atom stereocenters. The first-order valence-corrected chi connectivity index (χ1v) is 8.94. The van der Waals surface area contributed by atoms with Crippen LogP contribution in [0, 0.1) is 5.92 Å². The lowest BCUT2D eigenvalue weighted by Gasteiger charge is -2.23. The molecular formula is C21H24N2O2. The maximum atomic E-state index is 12.7. The predicted molar refractivity (Wildman–Crippen MR) is 97.0 cm³/mol. The summed E-state index contributed by atoms with van der Waals surface area (Å²) in [5.41, 5.74) is 2.09. The SMILES string of the molecule is O=C(NC12CC1CN(Cc1ccccc1)C2)C(CO)c1ccccc1. The quantitative estimate of drug-likeness (QED) is 0.850. The molecule has 0 bridgehead atoms. The highest BCUT2D eigenvalue weighted by Gasteiger charge is 2.60. The second-order valence-corrected chi connectivity index (χ2v) is 7.35. The molecule has 2 fully saturated rings. The zero-order valence-corrected chi connectivity index (χ0v) is 14.3. The predicted octanol–water partition coefficient (Wildman–Crippen LogP) is 2.15. The number of nitrogens with one attached hydrogen (secondary N) is 1. The Labute approximate surface area is 148 Å². The Balaban J connectivity index is 1.39. The van der Waals surface area contributed by atoms with E-state index in [9.17, 15) is 9.90 Å². The van der Waals surface area contributed by atoms with E-state index in [0.717, 1.165) is 31.6 Å². The molecule has 1 aliphatic carbocycles. The van der Waals surface area contributed by atoms with Crippen molar-refractivity contribution in [2.45, 2.75) is 24.4 Å². The molecule has 1 amide bonds. The number of nitrogens with zero attached hydrogens (tertiary/aromatic N) is 1. The summed E-state index contributed by atoms with van der Waals surface area (Å²) in [7, 11) is 0. The smallest absolute Gasteiger partial charge is 0.230 e. The van der Waals surface area contributed by atoms with Crippen LogP contribution in [-0.4, -0.2) is 41.1 Å². The number of amides is 1. The number of hydrogen-bond donors (Lipinski definition) is 2. The van der Waals surface area contributed by atoms with E-state index in [0.29, 0.717) is 5.92 Å². The first kappa shape index (κ1) is 16.3. The second kappa shape index (κ2) is 6.62. The Morgan fingerprint density at radius 1 is 1.16 bits per heavy atom. The molecule has 4 heteroatoms. The maximum Gasteiger partial charge on any atom is 0.230 e. The third-order valence-electron chi connectivity index (χ3n) is 5.54. The Morgan fingerprint density at radius 3 is 2.52 bits per heavy atom. The number of aliphatic hydroxyl groups is 1. The van der Waals surface area contributed by atoms with Gasteiger partial charge in [-0.3, -0.25) is 9.69 Å². The minimum absolute atomic E-state index is 0.0576. The fourth-order valence-electron chi connectivity index (χ4n) is 4.10. The van der Waals surface area contributed by atoms with Crippen LogP contribution >= 0.6 is 0 Å². The number of carbonyl (C=O) groups is 1. The Hall–Kier alpha value is -2.17. The third kappa shape index (κ3) is 3.32. The monoisotopic (exact) mass is 336 g/mol. The summed E-state index contributed by atoms with van der Waals surface area (Å²) in [4.78, 5) is 15.2. The van der Waals surface area contributed by atoms with Gasteiger partial charge in [0.15, 0.2) is 0 Å². The van der Waals surface area contributed by atoms with Crippen LogP contribution in [0.25, 0.3) is 0 Å². The van der Waals surface area contributed by atoms with Crippen molar-refractivity contribution in [3.05, 3.63) is 71.8 Å². The van der Waals surface area contributed by atoms with Gasteiger partial charge in [-0.15, -0.1) is 0 Å². The van der Waals surface area contributed by atoms with Gasteiger partial charge >= 0.3 is 0 Å². The normalized spacial score (nSPS) is 26.0. The fraction of sp³-hybridized carbons (Fsp3) is 0.381. The molecule has 2 aliphatic rings. The van der Waals surface area contributed by atoms with Crippen molar-refractivity contribution < 1.29 is 9.90 Å². The number of hydrogen-bond acceptors (Lipinski definition) is 3. The molecule has 4 nitrogen and oxygen atoms in total. The molecular weight excluding hydrogens is 312 g/mol.